The Labute approximate surface area is 39.9 Å². The Kier molecular flexibility index (Phi) is 0.714. The van der Waals surface area contributed by atoms with Crippen LogP contribution < -0.4 is 10.9 Å². The standard InChI is InChI=1S/C3H2N2O2/c6-2-1-3(7)5-4-2/h(H,4,6)(H,5,7). The van der Waals surface area contributed by atoms with Crippen molar-refractivity contribution in [2.75, 3.05) is 0 Å². The lowest BCUT2D eigenvalue weighted by atomic mass is 10.4. The molecule has 4 nitrogen and oxygen atoms in total. The van der Waals surface area contributed by atoms with E-state index in [0.717, 1.165) is 0 Å². The molecule has 0 bridgehead atoms. The summed E-state index contributed by atoms with van der Waals surface area (Å²) in [5.41, 5.74) is 4.04. The van der Waals surface area contributed by atoms with E-state index in [4.69, 9.17) is 0 Å². The van der Waals surface area contributed by atoms with Gasteiger partial charge in [0.15, 0.2) is 6.42 Å². The predicted molar refractivity (Wildman–Crippen MR) is 19.5 cm³/mol. The topological polar surface area (TPSA) is 58.2 Å². The highest BCUT2D eigenvalue weighted by atomic mass is 16.2. The molecule has 0 aliphatic carbocycles. The minimum atomic E-state index is -0.509. The Morgan fingerprint density at radius 2 is 1.57 bits per heavy atom. The molecule has 2 radical (unpaired) electrons. The molecule has 0 unspecified atom stereocenters. The van der Waals surface area contributed by atoms with Gasteiger partial charge in [-0.3, -0.25) is 20.4 Å². The number of nitrogens with one attached hydrogen (secondary N) is 2. The Morgan fingerprint density at radius 3 is 1.71 bits per heavy atom. The lowest BCUT2D eigenvalue weighted by Gasteiger charge is -1.83. The molecule has 1 heterocycles. The summed E-state index contributed by atoms with van der Waals surface area (Å²) >= 11 is 0. The van der Waals surface area contributed by atoms with Crippen LogP contribution in [0.5, 0.6) is 0 Å². The quantitative estimate of drug-likeness (QED) is 0.376. The van der Waals surface area contributed by atoms with E-state index in [9.17, 15) is 9.59 Å². The predicted octanol–water partition coefficient (Wildman–Crippen LogP) is -1.77. The summed E-state index contributed by atoms with van der Waals surface area (Å²) < 4.78 is 0. The van der Waals surface area contributed by atoms with Crippen LogP contribution in [0, 0.1) is 6.42 Å². The third-order valence-electron chi connectivity index (χ3n) is 0.517. The summed E-state index contributed by atoms with van der Waals surface area (Å²) in [5, 5.41) is 0. The number of hydrazine groups is 1. The normalized spacial score (nSPS) is 18.9. The van der Waals surface area contributed by atoms with E-state index < -0.39 is 11.8 Å². The highest BCUT2D eigenvalue weighted by Gasteiger charge is 2.17. The molecule has 1 fully saturated rings. The van der Waals surface area contributed by atoms with Crippen LogP contribution in [0.3, 0.4) is 0 Å². The van der Waals surface area contributed by atoms with E-state index in [0.29, 0.717) is 0 Å². The molecule has 0 atom stereocenters. The van der Waals surface area contributed by atoms with Crippen molar-refractivity contribution in [2.45, 2.75) is 0 Å². The van der Waals surface area contributed by atoms with Crippen LogP contribution in [0.25, 0.3) is 0 Å². The molecule has 1 rings (SSSR count). The van der Waals surface area contributed by atoms with Gasteiger partial charge >= 0.3 is 0 Å². The number of carbonyl (C=O) groups excluding carboxylic acids is 2. The lowest BCUT2D eigenvalue weighted by molar-refractivity contribution is -0.117. The number of amides is 2. The summed E-state index contributed by atoms with van der Waals surface area (Å²) in [5.74, 6) is -1.02. The summed E-state index contributed by atoms with van der Waals surface area (Å²) in [6.07, 6.45) is 1.92. The van der Waals surface area contributed by atoms with Gasteiger partial charge in [0.05, 0.1) is 0 Å². The smallest absolute Gasteiger partial charge is 0.257 e. The highest BCUT2D eigenvalue weighted by molar-refractivity contribution is 6.12. The van der Waals surface area contributed by atoms with E-state index >= 15 is 0 Å². The summed E-state index contributed by atoms with van der Waals surface area (Å²) in [6, 6.07) is 0. The van der Waals surface area contributed by atoms with Crippen molar-refractivity contribution < 1.29 is 9.59 Å². The molecule has 4 heteroatoms. The molecule has 0 spiro atoms. The van der Waals surface area contributed by atoms with E-state index in [1.54, 1.807) is 0 Å². The number of hydrogen-bond donors (Lipinski definition) is 2. The van der Waals surface area contributed by atoms with Crippen LogP contribution >= 0.6 is 0 Å². The fraction of sp³-hybridized carbons (Fsp3) is 0. The highest BCUT2D eigenvalue weighted by Crippen LogP contribution is 1.80. The minimum absolute atomic E-state index is 0.509. The van der Waals surface area contributed by atoms with Crippen molar-refractivity contribution in [3.63, 3.8) is 0 Å². The maximum atomic E-state index is 9.95. The molecule has 36 valence electrons. The second kappa shape index (κ2) is 1.22. The third kappa shape index (κ3) is 0.677. The van der Waals surface area contributed by atoms with Crippen molar-refractivity contribution in [3.8, 4) is 0 Å². The molecule has 0 saturated carbocycles. The van der Waals surface area contributed by atoms with Gasteiger partial charge in [0, 0.05) is 0 Å². The van der Waals surface area contributed by atoms with Crippen molar-refractivity contribution in [3.05, 3.63) is 6.42 Å². The molecule has 0 aromatic rings. The molecule has 1 aliphatic heterocycles. The first-order valence-corrected chi connectivity index (χ1v) is 1.66. The van der Waals surface area contributed by atoms with Crippen LogP contribution in [0.15, 0.2) is 0 Å². The average molecular weight is 98.1 g/mol. The third-order valence-corrected chi connectivity index (χ3v) is 0.517. The largest absolute Gasteiger partial charge is 0.272 e. The van der Waals surface area contributed by atoms with Crippen molar-refractivity contribution in [2.24, 2.45) is 0 Å². The number of rotatable bonds is 0. The van der Waals surface area contributed by atoms with Gasteiger partial charge in [0.2, 0.25) is 0 Å². The molecule has 1 saturated heterocycles. The van der Waals surface area contributed by atoms with Crippen molar-refractivity contribution >= 4 is 11.8 Å². The summed E-state index contributed by atoms with van der Waals surface area (Å²) in [6.45, 7) is 0. The number of carbonyl (C=O) groups is 2. The summed E-state index contributed by atoms with van der Waals surface area (Å²) in [7, 11) is 0. The van der Waals surface area contributed by atoms with Gasteiger partial charge in [-0.15, -0.1) is 0 Å². The van der Waals surface area contributed by atoms with Crippen LogP contribution in [0.1, 0.15) is 0 Å². The SMILES string of the molecule is O=C1[C]C(=O)NN1. The molecule has 0 aromatic heterocycles. The first kappa shape index (κ1) is 4.11. The first-order chi connectivity index (χ1) is 3.29. The number of hydrogen-bond acceptors (Lipinski definition) is 2. The second-order valence-corrected chi connectivity index (χ2v) is 1.03. The summed E-state index contributed by atoms with van der Waals surface area (Å²) in [4.78, 5) is 19.9. The molecule has 7 heavy (non-hydrogen) atoms. The Balaban J connectivity index is 2.55. The molecular weight excluding hydrogens is 96.0 g/mol. The van der Waals surface area contributed by atoms with Crippen molar-refractivity contribution in [1.82, 2.24) is 10.9 Å². The van der Waals surface area contributed by atoms with E-state index in [1.807, 2.05) is 17.3 Å². The fourth-order valence-corrected chi connectivity index (χ4v) is 0.279. The van der Waals surface area contributed by atoms with Gasteiger partial charge in [0.1, 0.15) is 0 Å². The Hall–Kier alpha value is -1.06. The van der Waals surface area contributed by atoms with E-state index in [2.05, 4.69) is 0 Å². The lowest BCUT2D eigenvalue weighted by Crippen LogP contribution is -2.28. The first-order valence-electron chi connectivity index (χ1n) is 1.66. The molecular formula is C3H2N2O2. The van der Waals surface area contributed by atoms with Crippen molar-refractivity contribution in [1.29, 1.82) is 0 Å². The van der Waals surface area contributed by atoms with Crippen LogP contribution in [-0.2, 0) is 9.59 Å². The van der Waals surface area contributed by atoms with Crippen LogP contribution in [0.4, 0.5) is 0 Å². The van der Waals surface area contributed by atoms with E-state index in [1.165, 1.54) is 0 Å². The monoisotopic (exact) mass is 98.0 g/mol. The van der Waals surface area contributed by atoms with E-state index in [-0.39, 0.29) is 0 Å². The maximum absolute atomic E-state index is 9.95. The Morgan fingerprint density at radius 1 is 1.14 bits per heavy atom. The van der Waals surface area contributed by atoms with Gasteiger partial charge in [-0.25, -0.2) is 0 Å². The molecule has 1 aliphatic rings. The van der Waals surface area contributed by atoms with Gasteiger partial charge in [-0.1, -0.05) is 0 Å². The van der Waals surface area contributed by atoms with Gasteiger partial charge in [-0.2, -0.15) is 0 Å². The van der Waals surface area contributed by atoms with Gasteiger partial charge in [0.25, 0.3) is 11.8 Å². The molecule has 2 amide bonds. The molecule has 0 aromatic carbocycles. The van der Waals surface area contributed by atoms with Crippen LogP contribution in [0.2, 0.25) is 0 Å². The van der Waals surface area contributed by atoms with Gasteiger partial charge < -0.3 is 0 Å². The second-order valence-electron chi connectivity index (χ2n) is 1.03. The van der Waals surface area contributed by atoms with Gasteiger partial charge in [-0.05, 0) is 0 Å². The minimum Gasteiger partial charge on any atom is -0.272 e. The Bertz CT molecular complexity index is 106. The fourth-order valence-electron chi connectivity index (χ4n) is 0.279. The zero-order valence-corrected chi connectivity index (χ0v) is 3.32. The average Bonchev–Trinajstić information content (AvgIpc) is 1.87. The maximum Gasteiger partial charge on any atom is 0.257 e. The zero-order valence-electron chi connectivity index (χ0n) is 3.32. The molecule has 2 N–H and O–H groups in total. The van der Waals surface area contributed by atoms with Crippen LogP contribution in [-0.4, -0.2) is 11.8 Å². The zero-order chi connectivity index (χ0) is 5.28.